The molecule has 0 amide bonds. The summed E-state index contributed by atoms with van der Waals surface area (Å²) in [7, 11) is -2.76. The first kappa shape index (κ1) is 24.5. The summed E-state index contributed by atoms with van der Waals surface area (Å²) in [6.45, 7) is 1.99. The lowest BCUT2D eigenvalue weighted by atomic mass is 9.99. The molecule has 35 heavy (non-hydrogen) atoms. The summed E-state index contributed by atoms with van der Waals surface area (Å²) in [4.78, 5) is 8.98. The van der Waals surface area contributed by atoms with Gasteiger partial charge in [-0.15, -0.1) is 0 Å². The average molecular weight is 507 g/mol. The van der Waals surface area contributed by atoms with Gasteiger partial charge in [0.1, 0.15) is 5.52 Å². The molecule has 2 aromatic carbocycles. The Kier molecular flexibility index (Phi) is 6.46. The number of para-hydroxylation sites is 1. The fraction of sp³-hybridized carbons (Fsp3) is 0.250. The fourth-order valence-electron chi connectivity index (χ4n) is 3.79. The highest BCUT2D eigenvalue weighted by Crippen LogP contribution is 2.36. The quantitative estimate of drug-likeness (QED) is 0.252. The Morgan fingerprint density at radius 1 is 0.943 bits per heavy atom. The maximum Gasteiger partial charge on any atom is 0.534 e. The van der Waals surface area contributed by atoms with Crippen molar-refractivity contribution in [2.24, 2.45) is 0 Å². The van der Waals surface area contributed by atoms with Crippen molar-refractivity contribution in [3.8, 4) is 17.2 Å². The molecule has 0 aliphatic carbocycles. The van der Waals surface area contributed by atoms with Crippen LogP contribution in [0, 0.1) is 0 Å². The Hall–Kier alpha value is -3.60. The van der Waals surface area contributed by atoms with Crippen molar-refractivity contribution in [2.45, 2.75) is 25.3 Å². The lowest BCUT2D eigenvalue weighted by molar-refractivity contribution is -0.0499. The molecule has 2 aromatic heterocycles. The molecule has 0 bridgehead atoms. The topological polar surface area (TPSA) is 87.6 Å². The molecule has 0 N–H and O–H groups in total. The molecule has 0 unspecified atom stereocenters. The standard InChI is InChI=1S/C24H21F3N2O5S/c1-4-19-18-12-22(33-3)21(32-2)11-17(18)15(13-28-19)10-16-9-8-14-6-5-7-20(23(14)29-16)34-35(30,31)24(25,26)27/h5-9,11-13H,4,10H2,1-3H3. The van der Waals surface area contributed by atoms with Gasteiger partial charge in [-0.3, -0.25) is 4.98 Å². The number of halogens is 3. The van der Waals surface area contributed by atoms with Gasteiger partial charge in [0.05, 0.1) is 14.2 Å². The van der Waals surface area contributed by atoms with Crippen LogP contribution in [-0.2, 0) is 23.0 Å². The number of hydrogen-bond donors (Lipinski definition) is 0. The van der Waals surface area contributed by atoms with Gasteiger partial charge in [-0.25, -0.2) is 4.98 Å². The van der Waals surface area contributed by atoms with Gasteiger partial charge in [0.25, 0.3) is 0 Å². The monoisotopic (exact) mass is 506 g/mol. The maximum absolute atomic E-state index is 12.9. The number of benzene rings is 2. The van der Waals surface area contributed by atoms with Gasteiger partial charge in [0, 0.05) is 34.8 Å². The first-order valence-corrected chi connectivity index (χ1v) is 11.9. The van der Waals surface area contributed by atoms with Crippen molar-refractivity contribution in [2.75, 3.05) is 14.2 Å². The normalized spacial score (nSPS) is 12.2. The third kappa shape index (κ3) is 4.68. The number of pyridine rings is 2. The number of fused-ring (bicyclic) bond motifs is 2. The van der Waals surface area contributed by atoms with E-state index in [1.807, 2.05) is 19.1 Å². The lowest BCUT2D eigenvalue weighted by Crippen LogP contribution is -2.28. The SMILES string of the molecule is CCc1ncc(Cc2ccc3cccc(OS(=O)(=O)C(F)(F)F)c3n2)c2cc(OC)c(OC)cc12. The van der Waals surface area contributed by atoms with Crippen LogP contribution in [0.5, 0.6) is 17.2 Å². The van der Waals surface area contributed by atoms with E-state index in [2.05, 4.69) is 14.2 Å². The number of nitrogens with zero attached hydrogens (tertiary/aromatic N) is 2. The van der Waals surface area contributed by atoms with E-state index in [1.54, 1.807) is 31.5 Å². The van der Waals surface area contributed by atoms with E-state index in [0.717, 1.165) is 28.1 Å². The molecule has 0 atom stereocenters. The Morgan fingerprint density at radius 3 is 2.26 bits per heavy atom. The van der Waals surface area contributed by atoms with Crippen LogP contribution in [0.4, 0.5) is 13.2 Å². The van der Waals surface area contributed by atoms with Crippen LogP contribution in [0.1, 0.15) is 23.9 Å². The molecule has 0 aliphatic heterocycles. The fourth-order valence-corrected chi connectivity index (χ4v) is 4.25. The van der Waals surface area contributed by atoms with Crippen molar-refractivity contribution >= 4 is 31.8 Å². The lowest BCUT2D eigenvalue weighted by Gasteiger charge is -2.14. The van der Waals surface area contributed by atoms with Crippen LogP contribution in [-0.4, -0.2) is 38.1 Å². The van der Waals surface area contributed by atoms with Gasteiger partial charge in [-0.1, -0.05) is 25.1 Å². The number of aryl methyl sites for hydroxylation is 1. The third-order valence-corrected chi connectivity index (χ3v) is 6.45. The number of methoxy groups -OCH3 is 2. The van der Waals surface area contributed by atoms with E-state index in [4.69, 9.17) is 9.47 Å². The van der Waals surface area contributed by atoms with E-state index >= 15 is 0 Å². The Labute approximate surface area is 199 Å². The zero-order chi connectivity index (χ0) is 25.4. The van der Waals surface area contributed by atoms with E-state index in [0.29, 0.717) is 29.0 Å². The molecule has 0 fully saturated rings. The summed E-state index contributed by atoms with van der Waals surface area (Å²) < 4.78 is 76.9. The van der Waals surface area contributed by atoms with Crippen LogP contribution in [0.2, 0.25) is 0 Å². The molecule has 11 heteroatoms. The van der Waals surface area contributed by atoms with Crippen molar-refractivity contribution < 1.29 is 35.2 Å². The minimum atomic E-state index is -5.84. The molecule has 0 saturated heterocycles. The summed E-state index contributed by atoms with van der Waals surface area (Å²) >= 11 is 0. The van der Waals surface area contributed by atoms with Gasteiger partial charge in [0.2, 0.25) is 0 Å². The Balaban J connectivity index is 1.81. The molecule has 4 aromatic rings. The van der Waals surface area contributed by atoms with E-state index in [-0.39, 0.29) is 11.9 Å². The van der Waals surface area contributed by atoms with Gasteiger partial charge < -0.3 is 13.7 Å². The van der Waals surface area contributed by atoms with Gasteiger partial charge in [0.15, 0.2) is 17.2 Å². The van der Waals surface area contributed by atoms with Gasteiger partial charge >= 0.3 is 15.6 Å². The second-order valence-electron chi connectivity index (χ2n) is 7.63. The predicted molar refractivity (Wildman–Crippen MR) is 124 cm³/mol. The van der Waals surface area contributed by atoms with Crippen molar-refractivity contribution in [1.29, 1.82) is 0 Å². The van der Waals surface area contributed by atoms with E-state index in [9.17, 15) is 21.6 Å². The van der Waals surface area contributed by atoms with E-state index in [1.165, 1.54) is 13.2 Å². The smallest absolute Gasteiger partial charge is 0.493 e. The highest BCUT2D eigenvalue weighted by atomic mass is 32.2. The highest BCUT2D eigenvalue weighted by Gasteiger charge is 2.48. The molecule has 0 radical (unpaired) electrons. The summed E-state index contributed by atoms with van der Waals surface area (Å²) in [5.74, 6) is 0.594. The van der Waals surface area contributed by atoms with E-state index < -0.39 is 21.4 Å². The van der Waals surface area contributed by atoms with Crippen molar-refractivity contribution in [3.63, 3.8) is 0 Å². The Morgan fingerprint density at radius 2 is 1.63 bits per heavy atom. The minimum Gasteiger partial charge on any atom is -0.493 e. The number of rotatable bonds is 7. The van der Waals surface area contributed by atoms with Gasteiger partial charge in [-0.2, -0.15) is 21.6 Å². The van der Waals surface area contributed by atoms with Crippen molar-refractivity contribution in [3.05, 3.63) is 65.6 Å². The molecule has 7 nitrogen and oxygen atoms in total. The molecule has 0 aliphatic rings. The average Bonchev–Trinajstić information content (AvgIpc) is 2.82. The van der Waals surface area contributed by atoms with Crippen LogP contribution in [0.15, 0.2) is 48.7 Å². The summed E-state index contributed by atoms with van der Waals surface area (Å²) in [6, 6.07) is 11.2. The largest absolute Gasteiger partial charge is 0.534 e. The number of hydrogen-bond acceptors (Lipinski definition) is 7. The van der Waals surface area contributed by atoms with Crippen molar-refractivity contribution in [1.82, 2.24) is 9.97 Å². The maximum atomic E-state index is 12.9. The molecular formula is C24H21F3N2O5S. The van der Waals surface area contributed by atoms with Crippen LogP contribution in [0.3, 0.4) is 0 Å². The highest BCUT2D eigenvalue weighted by molar-refractivity contribution is 7.88. The minimum absolute atomic E-state index is 0.000446. The number of aromatic nitrogens is 2. The molecular weight excluding hydrogens is 485 g/mol. The number of alkyl halides is 3. The summed E-state index contributed by atoms with van der Waals surface area (Å²) in [5.41, 5.74) is -3.41. The molecule has 2 heterocycles. The molecule has 4 rings (SSSR count). The second kappa shape index (κ2) is 9.21. The predicted octanol–water partition coefficient (Wildman–Crippen LogP) is 5.18. The van der Waals surface area contributed by atoms with Crippen LogP contribution < -0.4 is 13.7 Å². The first-order valence-electron chi connectivity index (χ1n) is 10.5. The van der Waals surface area contributed by atoms with Crippen LogP contribution in [0.25, 0.3) is 21.7 Å². The first-order chi connectivity index (χ1) is 16.6. The number of ether oxygens (including phenoxy) is 2. The zero-order valence-corrected chi connectivity index (χ0v) is 19.8. The third-order valence-electron chi connectivity index (χ3n) is 5.49. The molecule has 184 valence electrons. The van der Waals surface area contributed by atoms with Crippen LogP contribution >= 0.6 is 0 Å². The summed E-state index contributed by atoms with van der Waals surface area (Å²) in [5, 5.41) is 2.17. The van der Waals surface area contributed by atoms with Gasteiger partial charge in [-0.05, 0) is 41.6 Å². The molecule has 0 spiro atoms. The zero-order valence-electron chi connectivity index (χ0n) is 19.0. The molecule has 0 saturated carbocycles. The summed E-state index contributed by atoms with van der Waals surface area (Å²) in [6.07, 6.45) is 2.68. The Bertz CT molecular complexity index is 1520. The second-order valence-corrected chi connectivity index (χ2v) is 9.16.